The van der Waals surface area contributed by atoms with Gasteiger partial charge in [-0.05, 0) is 22.8 Å². The van der Waals surface area contributed by atoms with Gasteiger partial charge in [0.05, 0.1) is 0 Å². The van der Waals surface area contributed by atoms with Crippen LogP contribution < -0.4 is 5.32 Å². The van der Waals surface area contributed by atoms with Crippen molar-refractivity contribution in [2.24, 2.45) is 0 Å². The zero-order chi connectivity index (χ0) is 12.9. The summed E-state index contributed by atoms with van der Waals surface area (Å²) in [5.74, 6) is 0. The molecule has 0 spiro atoms. The SMILES string of the molecule is CSC(C)CNCc1ccc(C(C)(C)C)cc1. The Balaban J connectivity index is 2.46. The highest BCUT2D eigenvalue weighted by Gasteiger charge is 2.12. The molecule has 1 aromatic carbocycles. The average Bonchev–Trinajstić information content (AvgIpc) is 2.28. The summed E-state index contributed by atoms with van der Waals surface area (Å²) in [5.41, 5.74) is 3.02. The summed E-state index contributed by atoms with van der Waals surface area (Å²) >= 11 is 1.90. The minimum absolute atomic E-state index is 0.249. The van der Waals surface area contributed by atoms with Crippen LogP contribution in [0.5, 0.6) is 0 Å². The van der Waals surface area contributed by atoms with E-state index in [9.17, 15) is 0 Å². The Bertz CT molecular complexity index is 324. The first-order chi connectivity index (χ1) is 7.93. The van der Waals surface area contributed by atoms with E-state index in [1.807, 2.05) is 11.8 Å². The Hall–Kier alpha value is -0.470. The third kappa shape index (κ3) is 5.13. The van der Waals surface area contributed by atoms with Gasteiger partial charge in [0.1, 0.15) is 0 Å². The molecule has 17 heavy (non-hydrogen) atoms. The lowest BCUT2D eigenvalue weighted by atomic mass is 9.87. The fourth-order valence-electron chi connectivity index (χ4n) is 1.63. The molecule has 1 rings (SSSR count). The fraction of sp³-hybridized carbons (Fsp3) is 0.600. The Morgan fingerprint density at radius 1 is 1.18 bits per heavy atom. The molecule has 0 aliphatic heterocycles. The molecule has 1 nitrogen and oxygen atoms in total. The van der Waals surface area contributed by atoms with Crippen LogP contribution in [0.2, 0.25) is 0 Å². The van der Waals surface area contributed by atoms with Gasteiger partial charge in [0, 0.05) is 18.3 Å². The van der Waals surface area contributed by atoms with Crippen molar-refractivity contribution < 1.29 is 0 Å². The second-order valence-electron chi connectivity index (χ2n) is 5.62. The van der Waals surface area contributed by atoms with Gasteiger partial charge in [-0.25, -0.2) is 0 Å². The monoisotopic (exact) mass is 251 g/mol. The third-order valence-electron chi connectivity index (χ3n) is 2.98. The van der Waals surface area contributed by atoms with Gasteiger partial charge >= 0.3 is 0 Å². The molecule has 0 saturated heterocycles. The van der Waals surface area contributed by atoms with E-state index in [2.05, 4.69) is 63.5 Å². The molecular formula is C15H25NS. The number of nitrogens with one attached hydrogen (secondary N) is 1. The highest BCUT2D eigenvalue weighted by atomic mass is 32.2. The molecule has 0 aromatic heterocycles. The first kappa shape index (κ1) is 14.6. The van der Waals surface area contributed by atoms with E-state index in [0.717, 1.165) is 13.1 Å². The molecule has 0 amide bonds. The second-order valence-corrected chi connectivity index (χ2v) is 6.90. The van der Waals surface area contributed by atoms with Gasteiger partial charge in [0.2, 0.25) is 0 Å². The summed E-state index contributed by atoms with van der Waals surface area (Å²) in [6.45, 7) is 11.0. The van der Waals surface area contributed by atoms with Crippen LogP contribution >= 0.6 is 11.8 Å². The highest BCUT2D eigenvalue weighted by Crippen LogP contribution is 2.22. The van der Waals surface area contributed by atoms with Crippen molar-refractivity contribution in [3.8, 4) is 0 Å². The molecule has 1 atom stereocenters. The molecule has 0 saturated carbocycles. The summed E-state index contributed by atoms with van der Waals surface area (Å²) in [7, 11) is 0. The Morgan fingerprint density at radius 2 is 1.76 bits per heavy atom. The molecule has 1 unspecified atom stereocenters. The summed E-state index contributed by atoms with van der Waals surface area (Å²) < 4.78 is 0. The minimum atomic E-state index is 0.249. The van der Waals surface area contributed by atoms with Crippen LogP contribution in [0.3, 0.4) is 0 Å². The van der Waals surface area contributed by atoms with Crippen molar-refractivity contribution in [2.75, 3.05) is 12.8 Å². The third-order valence-corrected chi connectivity index (χ3v) is 3.95. The predicted molar refractivity (Wildman–Crippen MR) is 79.8 cm³/mol. The van der Waals surface area contributed by atoms with Crippen molar-refractivity contribution in [1.82, 2.24) is 5.32 Å². The van der Waals surface area contributed by atoms with Crippen LogP contribution in [0.1, 0.15) is 38.8 Å². The molecule has 2 heteroatoms. The van der Waals surface area contributed by atoms with Crippen molar-refractivity contribution in [1.29, 1.82) is 0 Å². The van der Waals surface area contributed by atoms with E-state index in [1.54, 1.807) is 0 Å². The first-order valence-corrected chi connectivity index (χ1v) is 7.55. The molecule has 96 valence electrons. The largest absolute Gasteiger partial charge is 0.312 e. The van der Waals surface area contributed by atoms with Crippen molar-refractivity contribution in [3.63, 3.8) is 0 Å². The maximum absolute atomic E-state index is 3.49. The second kappa shape index (κ2) is 6.46. The summed E-state index contributed by atoms with van der Waals surface area (Å²) in [5, 5.41) is 4.17. The number of benzene rings is 1. The lowest BCUT2D eigenvalue weighted by Gasteiger charge is -2.19. The summed E-state index contributed by atoms with van der Waals surface area (Å²) in [6.07, 6.45) is 2.16. The Labute approximate surface area is 110 Å². The molecule has 0 radical (unpaired) electrons. The average molecular weight is 251 g/mol. The van der Waals surface area contributed by atoms with Gasteiger partial charge in [-0.3, -0.25) is 0 Å². The Morgan fingerprint density at radius 3 is 2.24 bits per heavy atom. The number of thioether (sulfide) groups is 1. The zero-order valence-electron chi connectivity index (χ0n) is 11.7. The maximum atomic E-state index is 3.49. The lowest BCUT2D eigenvalue weighted by Crippen LogP contribution is -2.22. The van der Waals surface area contributed by atoms with E-state index in [1.165, 1.54) is 11.1 Å². The van der Waals surface area contributed by atoms with Crippen LogP contribution in [-0.2, 0) is 12.0 Å². The quantitative estimate of drug-likeness (QED) is 0.853. The Kier molecular flexibility index (Phi) is 5.54. The highest BCUT2D eigenvalue weighted by molar-refractivity contribution is 7.99. The number of hydrogen-bond acceptors (Lipinski definition) is 2. The summed E-state index contributed by atoms with van der Waals surface area (Å²) in [6, 6.07) is 8.96. The van der Waals surface area contributed by atoms with E-state index < -0.39 is 0 Å². The van der Waals surface area contributed by atoms with Crippen LogP contribution in [0.25, 0.3) is 0 Å². The van der Waals surface area contributed by atoms with Crippen LogP contribution in [0.15, 0.2) is 24.3 Å². The molecule has 0 fully saturated rings. The minimum Gasteiger partial charge on any atom is -0.312 e. The number of rotatable bonds is 5. The topological polar surface area (TPSA) is 12.0 Å². The van der Waals surface area contributed by atoms with E-state index in [0.29, 0.717) is 5.25 Å². The molecular weight excluding hydrogens is 226 g/mol. The predicted octanol–water partition coefficient (Wildman–Crippen LogP) is 3.83. The number of hydrogen-bond donors (Lipinski definition) is 1. The van der Waals surface area contributed by atoms with E-state index in [-0.39, 0.29) is 5.41 Å². The summed E-state index contributed by atoms with van der Waals surface area (Å²) in [4.78, 5) is 0. The molecule has 0 heterocycles. The van der Waals surface area contributed by atoms with Gasteiger partial charge < -0.3 is 5.32 Å². The molecule has 1 N–H and O–H groups in total. The zero-order valence-corrected chi connectivity index (χ0v) is 12.5. The van der Waals surface area contributed by atoms with Crippen molar-refractivity contribution in [2.45, 2.75) is 44.9 Å². The normalized spacial score (nSPS) is 13.7. The van der Waals surface area contributed by atoms with Gasteiger partial charge in [-0.15, -0.1) is 0 Å². The van der Waals surface area contributed by atoms with Gasteiger partial charge in [-0.2, -0.15) is 11.8 Å². The van der Waals surface area contributed by atoms with Gasteiger partial charge in [0.25, 0.3) is 0 Å². The maximum Gasteiger partial charge on any atom is 0.0205 e. The van der Waals surface area contributed by atoms with Crippen LogP contribution in [0.4, 0.5) is 0 Å². The van der Waals surface area contributed by atoms with Crippen molar-refractivity contribution in [3.05, 3.63) is 35.4 Å². The molecule has 0 aliphatic carbocycles. The molecule has 1 aromatic rings. The first-order valence-electron chi connectivity index (χ1n) is 6.26. The lowest BCUT2D eigenvalue weighted by molar-refractivity contribution is 0.589. The van der Waals surface area contributed by atoms with Crippen LogP contribution in [-0.4, -0.2) is 18.1 Å². The smallest absolute Gasteiger partial charge is 0.0205 e. The standard InChI is InChI=1S/C15H25NS/c1-12(17-5)10-16-11-13-6-8-14(9-7-13)15(2,3)4/h6-9,12,16H,10-11H2,1-5H3. The van der Waals surface area contributed by atoms with Gasteiger partial charge in [0.15, 0.2) is 0 Å². The molecule has 0 bridgehead atoms. The van der Waals surface area contributed by atoms with E-state index >= 15 is 0 Å². The van der Waals surface area contributed by atoms with Gasteiger partial charge in [-0.1, -0.05) is 52.0 Å². The van der Waals surface area contributed by atoms with E-state index in [4.69, 9.17) is 0 Å². The van der Waals surface area contributed by atoms with Crippen LogP contribution in [0, 0.1) is 0 Å². The molecule has 0 aliphatic rings. The fourth-order valence-corrected chi connectivity index (χ4v) is 1.91. The van der Waals surface area contributed by atoms with Crippen molar-refractivity contribution >= 4 is 11.8 Å².